The van der Waals surface area contributed by atoms with E-state index in [4.69, 9.17) is 0 Å². The molecule has 3 rings (SSSR count). The van der Waals surface area contributed by atoms with Crippen molar-refractivity contribution < 1.29 is 19.4 Å². The topological polar surface area (TPSA) is 60.8 Å². The van der Waals surface area contributed by atoms with Crippen molar-refractivity contribution >= 4 is 5.91 Å². The largest absolute Gasteiger partial charge is 0.508 e. The summed E-state index contributed by atoms with van der Waals surface area (Å²) in [5, 5.41) is 20.3. The molecule has 2 aromatic rings. The van der Waals surface area contributed by atoms with E-state index in [1.165, 1.54) is 12.1 Å². The summed E-state index contributed by atoms with van der Waals surface area (Å²) >= 11 is 0. The lowest BCUT2D eigenvalue weighted by molar-refractivity contribution is -0.132. The highest BCUT2D eigenvalue weighted by molar-refractivity contribution is 5.79. The Kier molecular flexibility index (Phi) is 5.34. The Hall–Kier alpha value is -2.40. The Morgan fingerprint density at radius 2 is 1.76 bits per heavy atom. The summed E-state index contributed by atoms with van der Waals surface area (Å²) in [5.41, 5.74) is 1.33. The zero-order valence-electron chi connectivity index (χ0n) is 13.9. The van der Waals surface area contributed by atoms with Crippen LogP contribution in [0, 0.1) is 11.7 Å². The fraction of sp³-hybridized carbons (Fsp3) is 0.350. The van der Waals surface area contributed by atoms with Crippen LogP contribution in [0.3, 0.4) is 0 Å². The molecular formula is C20H22FNO3. The van der Waals surface area contributed by atoms with Gasteiger partial charge in [0.15, 0.2) is 0 Å². The standard InChI is InChI=1S/C20H22FNO3/c21-17-7-5-14(6-8-17)20(25)15-9-11-22(12-10-15)19(24)13-16-3-1-2-4-18(16)23/h1-8,15,20,23,25H,9-13H2. The van der Waals surface area contributed by atoms with Gasteiger partial charge >= 0.3 is 0 Å². The zero-order valence-corrected chi connectivity index (χ0v) is 13.9. The molecule has 1 aliphatic rings. The van der Waals surface area contributed by atoms with Crippen molar-refractivity contribution in [1.29, 1.82) is 0 Å². The highest BCUT2D eigenvalue weighted by Gasteiger charge is 2.28. The van der Waals surface area contributed by atoms with Gasteiger partial charge in [-0.2, -0.15) is 0 Å². The van der Waals surface area contributed by atoms with Gasteiger partial charge in [-0.3, -0.25) is 4.79 Å². The summed E-state index contributed by atoms with van der Waals surface area (Å²) in [6.45, 7) is 1.16. The van der Waals surface area contributed by atoms with Crippen molar-refractivity contribution in [2.45, 2.75) is 25.4 Å². The van der Waals surface area contributed by atoms with Crippen LogP contribution in [0.15, 0.2) is 48.5 Å². The minimum absolute atomic E-state index is 0.0174. The van der Waals surface area contributed by atoms with E-state index < -0.39 is 6.10 Å². The zero-order chi connectivity index (χ0) is 17.8. The minimum atomic E-state index is -0.643. The smallest absolute Gasteiger partial charge is 0.227 e. The van der Waals surface area contributed by atoms with Gasteiger partial charge < -0.3 is 15.1 Å². The quantitative estimate of drug-likeness (QED) is 0.897. The van der Waals surface area contributed by atoms with Gasteiger partial charge in [0, 0.05) is 18.7 Å². The molecule has 0 aromatic heterocycles. The van der Waals surface area contributed by atoms with Crippen molar-refractivity contribution in [3.8, 4) is 5.75 Å². The van der Waals surface area contributed by atoms with E-state index in [0.29, 0.717) is 37.1 Å². The van der Waals surface area contributed by atoms with Gasteiger partial charge in [0.25, 0.3) is 0 Å². The highest BCUT2D eigenvalue weighted by atomic mass is 19.1. The molecule has 1 heterocycles. The third kappa shape index (κ3) is 4.17. The summed E-state index contributed by atoms with van der Waals surface area (Å²) in [5.74, 6) is -0.145. The molecule has 0 bridgehead atoms. The lowest BCUT2D eigenvalue weighted by Crippen LogP contribution is -2.40. The maximum atomic E-state index is 13.0. The molecule has 1 amide bonds. The number of hydrogen-bond donors (Lipinski definition) is 2. The van der Waals surface area contributed by atoms with Crippen LogP contribution in [0.25, 0.3) is 0 Å². The molecule has 2 N–H and O–H groups in total. The Balaban J connectivity index is 1.55. The molecule has 1 aliphatic heterocycles. The predicted octanol–water partition coefficient (Wildman–Crippen LogP) is 3.05. The number of rotatable bonds is 4. The van der Waals surface area contributed by atoms with Gasteiger partial charge in [-0.25, -0.2) is 4.39 Å². The van der Waals surface area contributed by atoms with E-state index in [1.54, 1.807) is 41.3 Å². The summed E-state index contributed by atoms with van der Waals surface area (Å²) < 4.78 is 13.0. The van der Waals surface area contributed by atoms with E-state index in [9.17, 15) is 19.4 Å². The normalized spacial score (nSPS) is 16.6. The number of halogens is 1. The Morgan fingerprint density at radius 3 is 2.40 bits per heavy atom. The van der Waals surface area contributed by atoms with Gasteiger partial charge in [0.1, 0.15) is 11.6 Å². The summed E-state index contributed by atoms with van der Waals surface area (Å²) in [6.07, 6.45) is 0.935. The number of aliphatic hydroxyl groups is 1. The number of para-hydroxylation sites is 1. The van der Waals surface area contributed by atoms with E-state index >= 15 is 0 Å². The number of piperidine rings is 1. The number of phenolic OH excluding ortho intramolecular Hbond substituents is 1. The van der Waals surface area contributed by atoms with Crippen LogP contribution < -0.4 is 0 Å². The second kappa shape index (κ2) is 7.66. The van der Waals surface area contributed by atoms with E-state index in [2.05, 4.69) is 0 Å². The van der Waals surface area contributed by atoms with Crippen LogP contribution in [-0.4, -0.2) is 34.1 Å². The lowest BCUT2D eigenvalue weighted by Gasteiger charge is -2.34. The number of benzene rings is 2. The van der Waals surface area contributed by atoms with Crippen molar-refractivity contribution in [2.24, 2.45) is 5.92 Å². The Morgan fingerprint density at radius 1 is 1.12 bits per heavy atom. The molecule has 0 spiro atoms. The molecule has 4 nitrogen and oxygen atoms in total. The lowest BCUT2D eigenvalue weighted by atomic mass is 9.87. The van der Waals surface area contributed by atoms with Gasteiger partial charge in [-0.15, -0.1) is 0 Å². The van der Waals surface area contributed by atoms with Crippen LogP contribution in [0.2, 0.25) is 0 Å². The number of phenols is 1. The number of aromatic hydroxyl groups is 1. The maximum absolute atomic E-state index is 13.0. The van der Waals surface area contributed by atoms with Crippen LogP contribution in [-0.2, 0) is 11.2 Å². The first-order valence-corrected chi connectivity index (χ1v) is 8.53. The van der Waals surface area contributed by atoms with E-state index in [-0.39, 0.29) is 29.8 Å². The summed E-state index contributed by atoms with van der Waals surface area (Å²) in [7, 11) is 0. The van der Waals surface area contributed by atoms with Crippen molar-refractivity contribution in [3.63, 3.8) is 0 Å². The van der Waals surface area contributed by atoms with Crippen molar-refractivity contribution in [1.82, 2.24) is 4.90 Å². The number of nitrogens with zero attached hydrogens (tertiary/aromatic N) is 1. The van der Waals surface area contributed by atoms with E-state index in [1.807, 2.05) is 0 Å². The number of carbonyl (C=O) groups is 1. The summed E-state index contributed by atoms with van der Waals surface area (Å²) in [4.78, 5) is 14.2. The minimum Gasteiger partial charge on any atom is -0.508 e. The number of carbonyl (C=O) groups excluding carboxylic acids is 1. The fourth-order valence-corrected chi connectivity index (χ4v) is 3.33. The molecule has 1 fully saturated rings. The molecule has 5 heteroatoms. The Bertz CT molecular complexity index is 724. The Labute approximate surface area is 146 Å². The van der Waals surface area contributed by atoms with E-state index in [0.717, 1.165) is 0 Å². The fourth-order valence-electron chi connectivity index (χ4n) is 3.33. The molecule has 2 aromatic carbocycles. The van der Waals surface area contributed by atoms with Gasteiger partial charge in [0.2, 0.25) is 5.91 Å². The molecule has 132 valence electrons. The number of likely N-dealkylation sites (tertiary alicyclic amines) is 1. The number of hydrogen-bond acceptors (Lipinski definition) is 3. The SMILES string of the molecule is O=C(Cc1ccccc1O)N1CCC(C(O)c2ccc(F)cc2)CC1. The molecule has 0 radical (unpaired) electrons. The van der Waals surface area contributed by atoms with Gasteiger partial charge in [-0.1, -0.05) is 30.3 Å². The molecule has 1 saturated heterocycles. The van der Waals surface area contributed by atoms with Gasteiger partial charge in [-0.05, 0) is 42.5 Å². The first kappa shape index (κ1) is 17.4. The highest BCUT2D eigenvalue weighted by Crippen LogP contribution is 2.31. The molecule has 0 aliphatic carbocycles. The van der Waals surface area contributed by atoms with Crippen LogP contribution in [0.5, 0.6) is 5.75 Å². The second-order valence-electron chi connectivity index (χ2n) is 6.52. The van der Waals surface area contributed by atoms with Crippen molar-refractivity contribution in [2.75, 3.05) is 13.1 Å². The molecular weight excluding hydrogens is 321 g/mol. The first-order valence-electron chi connectivity index (χ1n) is 8.53. The molecule has 25 heavy (non-hydrogen) atoms. The van der Waals surface area contributed by atoms with Gasteiger partial charge in [0.05, 0.1) is 12.5 Å². The average Bonchev–Trinajstić information content (AvgIpc) is 2.64. The molecule has 0 saturated carbocycles. The third-order valence-electron chi connectivity index (χ3n) is 4.88. The second-order valence-corrected chi connectivity index (χ2v) is 6.52. The summed E-state index contributed by atoms with van der Waals surface area (Å²) in [6, 6.07) is 12.8. The van der Waals surface area contributed by atoms with Crippen LogP contribution >= 0.6 is 0 Å². The van der Waals surface area contributed by atoms with Crippen molar-refractivity contribution in [3.05, 3.63) is 65.5 Å². The average molecular weight is 343 g/mol. The molecule has 1 atom stereocenters. The third-order valence-corrected chi connectivity index (χ3v) is 4.88. The predicted molar refractivity (Wildman–Crippen MR) is 92.5 cm³/mol. The maximum Gasteiger partial charge on any atom is 0.227 e. The molecule has 1 unspecified atom stereocenters. The van der Waals surface area contributed by atoms with Crippen LogP contribution in [0.4, 0.5) is 4.39 Å². The first-order chi connectivity index (χ1) is 12.0. The van der Waals surface area contributed by atoms with Crippen LogP contribution in [0.1, 0.15) is 30.1 Å². The number of amides is 1. The number of aliphatic hydroxyl groups excluding tert-OH is 1. The monoisotopic (exact) mass is 343 g/mol.